The van der Waals surface area contributed by atoms with E-state index in [4.69, 9.17) is 4.74 Å². The molecule has 2 rings (SSSR count). The zero-order chi connectivity index (χ0) is 16.2. The van der Waals surface area contributed by atoms with Gasteiger partial charge in [0.15, 0.2) is 0 Å². The van der Waals surface area contributed by atoms with E-state index in [9.17, 15) is 14.9 Å². The van der Waals surface area contributed by atoms with Gasteiger partial charge in [-0.05, 0) is 38.9 Å². The third-order valence-corrected chi connectivity index (χ3v) is 4.13. The van der Waals surface area contributed by atoms with Gasteiger partial charge in [-0.2, -0.15) is 0 Å². The fourth-order valence-corrected chi connectivity index (χ4v) is 2.77. The Labute approximate surface area is 141 Å². The maximum atomic E-state index is 12.7. The van der Waals surface area contributed by atoms with Crippen LogP contribution in [-0.2, 0) is 9.53 Å². The molecule has 23 heavy (non-hydrogen) atoms. The summed E-state index contributed by atoms with van der Waals surface area (Å²) in [6, 6.07) is 4.72. The molecule has 0 bridgehead atoms. The molecule has 128 valence electrons. The lowest BCUT2D eigenvalue weighted by molar-refractivity contribution is -0.385. The summed E-state index contributed by atoms with van der Waals surface area (Å²) in [7, 11) is 1.58. The van der Waals surface area contributed by atoms with Gasteiger partial charge in [-0.25, -0.2) is 0 Å². The van der Waals surface area contributed by atoms with Crippen molar-refractivity contribution >= 4 is 29.7 Å². The molecule has 1 aromatic carbocycles. The summed E-state index contributed by atoms with van der Waals surface area (Å²) in [5.41, 5.74) is 0.427. The van der Waals surface area contributed by atoms with Crippen molar-refractivity contribution in [2.24, 2.45) is 5.41 Å². The van der Waals surface area contributed by atoms with E-state index in [0.717, 1.165) is 13.1 Å². The lowest BCUT2D eigenvalue weighted by atomic mass is 9.78. The van der Waals surface area contributed by atoms with E-state index in [1.807, 2.05) is 0 Å². The van der Waals surface area contributed by atoms with Gasteiger partial charge in [-0.1, -0.05) is 6.07 Å². The second-order valence-corrected chi connectivity index (χ2v) is 5.68. The van der Waals surface area contributed by atoms with Crippen LogP contribution in [-0.4, -0.2) is 37.6 Å². The molecule has 1 aromatic rings. The maximum absolute atomic E-state index is 12.7. The summed E-state index contributed by atoms with van der Waals surface area (Å²) in [5.74, 6) is -0.144. The van der Waals surface area contributed by atoms with Gasteiger partial charge in [0.1, 0.15) is 0 Å². The van der Waals surface area contributed by atoms with Crippen LogP contribution >= 0.6 is 12.4 Å². The second-order valence-electron chi connectivity index (χ2n) is 5.68. The summed E-state index contributed by atoms with van der Waals surface area (Å²) in [4.78, 5) is 23.2. The molecule has 0 saturated carbocycles. The highest BCUT2D eigenvalue weighted by Gasteiger charge is 2.39. The third-order valence-electron chi connectivity index (χ3n) is 4.13. The number of nitro groups is 1. The quantitative estimate of drug-likeness (QED) is 0.632. The van der Waals surface area contributed by atoms with Crippen LogP contribution in [0.5, 0.6) is 0 Å². The Morgan fingerprint density at radius 2 is 2.09 bits per heavy atom. The number of nitro benzene ring substituents is 1. The molecule has 0 atom stereocenters. The van der Waals surface area contributed by atoms with E-state index < -0.39 is 10.3 Å². The molecular formula is C15H22ClN3O4. The highest BCUT2D eigenvalue weighted by atomic mass is 35.5. The molecule has 0 aliphatic carbocycles. The number of hydrogen-bond donors (Lipinski definition) is 2. The van der Waals surface area contributed by atoms with Crippen molar-refractivity contribution in [3.63, 3.8) is 0 Å². The summed E-state index contributed by atoms with van der Waals surface area (Å²) in [6.45, 7) is 3.52. The second kappa shape index (κ2) is 8.24. The van der Waals surface area contributed by atoms with Gasteiger partial charge in [0.25, 0.3) is 5.69 Å². The average Bonchev–Trinajstić information content (AvgIpc) is 2.50. The molecule has 1 aliphatic heterocycles. The third kappa shape index (κ3) is 4.40. The van der Waals surface area contributed by atoms with Gasteiger partial charge in [0, 0.05) is 24.4 Å². The van der Waals surface area contributed by atoms with Crippen molar-refractivity contribution in [3.05, 3.63) is 33.9 Å². The largest absolute Gasteiger partial charge is 0.384 e. The minimum absolute atomic E-state index is 0. The monoisotopic (exact) mass is 343 g/mol. The normalized spacial score (nSPS) is 16.3. The van der Waals surface area contributed by atoms with E-state index in [1.165, 1.54) is 6.07 Å². The van der Waals surface area contributed by atoms with Gasteiger partial charge in [-0.3, -0.25) is 14.9 Å². The van der Waals surface area contributed by atoms with Gasteiger partial charge in [0.05, 0.1) is 16.9 Å². The van der Waals surface area contributed by atoms with Crippen LogP contribution in [0.1, 0.15) is 18.4 Å². The number of rotatable bonds is 5. The van der Waals surface area contributed by atoms with E-state index in [0.29, 0.717) is 30.7 Å². The Hall–Kier alpha value is -1.70. The first-order valence-corrected chi connectivity index (χ1v) is 7.25. The molecule has 7 nitrogen and oxygen atoms in total. The Bertz CT molecular complexity index is 568. The first-order chi connectivity index (χ1) is 10.5. The minimum Gasteiger partial charge on any atom is -0.384 e. The first kappa shape index (κ1) is 19.3. The Kier molecular flexibility index (Phi) is 6.93. The maximum Gasteiger partial charge on any atom is 0.274 e. The van der Waals surface area contributed by atoms with Crippen molar-refractivity contribution in [3.8, 4) is 0 Å². The number of anilines is 1. The number of ether oxygens (including phenoxy) is 1. The molecule has 2 N–H and O–H groups in total. The zero-order valence-electron chi connectivity index (χ0n) is 13.3. The predicted octanol–water partition coefficient (Wildman–Crippen LogP) is 2.28. The standard InChI is InChI=1S/C15H21N3O4.ClH/c1-11-3-4-12(9-13(11)18(20)21)17-14(19)15(10-22-2)5-7-16-8-6-15;/h3-4,9,16H,5-8,10H2,1-2H3,(H,17,19);1H. The molecule has 1 fully saturated rings. The van der Waals surface area contributed by atoms with Crippen molar-refractivity contribution in [2.45, 2.75) is 19.8 Å². The molecule has 0 spiro atoms. The van der Waals surface area contributed by atoms with E-state index in [-0.39, 0.29) is 24.0 Å². The van der Waals surface area contributed by atoms with Gasteiger partial charge in [0.2, 0.25) is 5.91 Å². The van der Waals surface area contributed by atoms with Crippen LogP contribution < -0.4 is 10.6 Å². The molecular weight excluding hydrogens is 322 g/mol. The number of benzene rings is 1. The molecule has 1 heterocycles. The molecule has 0 unspecified atom stereocenters. The number of hydrogen-bond acceptors (Lipinski definition) is 5. The Morgan fingerprint density at radius 3 is 2.65 bits per heavy atom. The average molecular weight is 344 g/mol. The van der Waals surface area contributed by atoms with E-state index >= 15 is 0 Å². The fraction of sp³-hybridized carbons (Fsp3) is 0.533. The number of nitrogens with zero attached hydrogens (tertiary/aromatic N) is 1. The topological polar surface area (TPSA) is 93.5 Å². The number of nitrogens with one attached hydrogen (secondary N) is 2. The zero-order valence-corrected chi connectivity index (χ0v) is 14.1. The van der Waals surface area contributed by atoms with Crippen LogP contribution in [0.4, 0.5) is 11.4 Å². The van der Waals surface area contributed by atoms with Gasteiger partial charge < -0.3 is 15.4 Å². The molecule has 1 saturated heterocycles. The molecule has 0 aromatic heterocycles. The van der Waals surface area contributed by atoms with Gasteiger partial charge >= 0.3 is 0 Å². The Morgan fingerprint density at radius 1 is 1.43 bits per heavy atom. The molecule has 0 radical (unpaired) electrons. The molecule has 8 heteroatoms. The van der Waals surface area contributed by atoms with Crippen LogP contribution in [0.2, 0.25) is 0 Å². The number of amides is 1. The van der Waals surface area contributed by atoms with Crippen molar-refractivity contribution in [1.29, 1.82) is 0 Å². The highest BCUT2D eigenvalue weighted by molar-refractivity contribution is 5.95. The summed E-state index contributed by atoms with van der Waals surface area (Å²) < 4.78 is 5.23. The number of carbonyl (C=O) groups is 1. The van der Waals surface area contributed by atoms with Gasteiger partial charge in [-0.15, -0.1) is 12.4 Å². The fourth-order valence-electron chi connectivity index (χ4n) is 2.77. The number of halogens is 1. The van der Waals surface area contributed by atoms with Crippen molar-refractivity contribution in [2.75, 3.05) is 32.1 Å². The molecule has 1 amide bonds. The first-order valence-electron chi connectivity index (χ1n) is 7.25. The van der Waals surface area contributed by atoms with E-state index in [2.05, 4.69) is 10.6 Å². The van der Waals surface area contributed by atoms with Crippen LogP contribution in [0.25, 0.3) is 0 Å². The van der Waals surface area contributed by atoms with Crippen molar-refractivity contribution in [1.82, 2.24) is 5.32 Å². The number of methoxy groups -OCH3 is 1. The number of aryl methyl sites for hydroxylation is 1. The summed E-state index contributed by atoms with van der Waals surface area (Å²) in [6.07, 6.45) is 1.36. The number of carbonyl (C=O) groups excluding carboxylic acids is 1. The Balaban J connectivity index is 0.00000264. The summed E-state index contributed by atoms with van der Waals surface area (Å²) >= 11 is 0. The molecule has 1 aliphatic rings. The summed E-state index contributed by atoms with van der Waals surface area (Å²) in [5, 5.41) is 17.0. The van der Waals surface area contributed by atoms with Crippen LogP contribution in [0.3, 0.4) is 0 Å². The predicted molar refractivity (Wildman–Crippen MR) is 90.1 cm³/mol. The van der Waals surface area contributed by atoms with Crippen LogP contribution in [0, 0.1) is 22.5 Å². The smallest absolute Gasteiger partial charge is 0.274 e. The van der Waals surface area contributed by atoms with Crippen molar-refractivity contribution < 1.29 is 14.5 Å². The van der Waals surface area contributed by atoms with Crippen LogP contribution in [0.15, 0.2) is 18.2 Å². The lowest BCUT2D eigenvalue weighted by Gasteiger charge is -2.35. The highest BCUT2D eigenvalue weighted by Crippen LogP contribution is 2.31. The SMILES string of the molecule is COCC1(C(=O)Nc2ccc(C)c([N+](=O)[O-])c2)CCNCC1.Cl. The van der Waals surface area contributed by atoms with E-state index in [1.54, 1.807) is 26.2 Å². The minimum atomic E-state index is -0.584. The number of piperidine rings is 1. The lowest BCUT2D eigenvalue weighted by Crippen LogP contribution is -2.47.